The highest BCUT2D eigenvalue weighted by Crippen LogP contribution is 2.28. The van der Waals surface area contributed by atoms with Crippen molar-refractivity contribution in [2.24, 2.45) is 5.92 Å². The van der Waals surface area contributed by atoms with Crippen molar-refractivity contribution in [2.75, 3.05) is 13.6 Å². The zero-order valence-corrected chi connectivity index (χ0v) is 17.2. The van der Waals surface area contributed by atoms with Gasteiger partial charge in [-0.05, 0) is 53.9 Å². The lowest BCUT2D eigenvalue weighted by molar-refractivity contribution is -0.160. The highest BCUT2D eigenvalue weighted by atomic mass is 16.6. The molecule has 0 radical (unpaired) electrons. The van der Waals surface area contributed by atoms with Crippen LogP contribution < -0.4 is 5.32 Å². The van der Waals surface area contributed by atoms with Crippen LogP contribution in [0.5, 0.6) is 0 Å². The Morgan fingerprint density at radius 2 is 1.69 bits per heavy atom. The first kappa shape index (κ1) is 22.3. The summed E-state index contributed by atoms with van der Waals surface area (Å²) in [5, 5.41) is 2.80. The van der Waals surface area contributed by atoms with Gasteiger partial charge in [0.2, 0.25) is 5.91 Å². The first-order valence-electron chi connectivity index (χ1n) is 9.31. The van der Waals surface area contributed by atoms with E-state index in [1.807, 2.05) is 20.8 Å². The van der Waals surface area contributed by atoms with E-state index < -0.39 is 23.3 Å². The fourth-order valence-electron chi connectivity index (χ4n) is 2.85. The number of hydrogen-bond donors (Lipinski definition) is 1. The lowest BCUT2D eigenvalue weighted by Crippen LogP contribution is -2.47. The maximum atomic E-state index is 12.7. The third-order valence-electron chi connectivity index (χ3n) is 4.52. The smallest absolute Gasteiger partial charge is 0.407 e. The van der Waals surface area contributed by atoms with Crippen molar-refractivity contribution in [1.82, 2.24) is 10.2 Å². The Kier molecular flexibility index (Phi) is 7.47. The molecule has 1 rings (SSSR count). The summed E-state index contributed by atoms with van der Waals surface area (Å²) in [6.45, 7) is 10.9. The number of nitrogens with one attached hydrogen (secondary N) is 1. The lowest BCUT2D eigenvalue weighted by atomic mass is 10.0. The number of esters is 1. The molecular weight excluding hydrogens is 336 g/mol. The van der Waals surface area contributed by atoms with Gasteiger partial charge in [0, 0.05) is 13.1 Å². The van der Waals surface area contributed by atoms with Crippen molar-refractivity contribution in [3.05, 3.63) is 0 Å². The molecule has 0 aromatic rings. The number of amides is 2. The van der Waals surface area contributed by atoms with Crippen LogP contribution in [0, 0.1) is 5.92 Å². The van der Waals surface area contributed by atoms with E-state index in [2.05, 4.69) is 5.32 Å². The maximum Gasteiger partial charge on any atom is 0.407 e. The standard InChI is InChI=1S/C19H34N2O5/c1-8-19(5,6)25-15(22)12-21(7)16(23)13-10-9-11-14(13)20-17(24)26-18(2,3)4/h13-14H,8-12H2,1-7H3,(H,20,24)/t13-,14-/m0/s1. The average Bonchev–Trinajstić information content (AvgIpc) is 2.91. The average molecular weight is 370 g/mol. The molecule has 0 saturated heterocycles. The minimum Gasteiger partial charge on any atom is -0.458 e. The highest BCUT2D eigenvalue weighted by molar-refractivity contribution is 5.84. The SMILES string of the molecule is CCC(C)(C)OC(=O)CN(C)C(=O)[C@H]1CCC[C@@H]1NC(=O)OC(C)(C)C. The molecule has 0 aromatic carbocycles. The summed E-state index contributed by atoms with van der Waals surface area (Å²) >= 11 is 0. The van der Waals surface area contributed by atoms with Crippen LogP contribution in [0.25, 0.3) is 0 Å². The van der Waals surface area contributed by atoms with Crippen LogP contribution in [0.2, 0.25) is 0 Å². The molecule has 0 spiro atoms. The summed E-state index contributed by atoms with van der Waals surface area (Å²) in [5.41, 5.74) is -1.13. The Hall–Kier alpha value is -1.79. The van der Waals surface area contributed by atoms with Crippen molar-refractivity contribution >= 4 is 18.0 Å². The van der Waals surface area contributed by atoms with Gasteiger partial charge in [0.25, 0.3) is 0 Å². The Bertz CT molecular complexity index is 525. The molecule has 26 heavy (non-hydrogen) atoms. The monoisotopic (exact) mass is 370 g/mol. The molecule has 1 fully saturated rings. The molecule has 7 nitrogen and oxygen atoms in total. The predicted octanol–water partition coefficient (Wildman–Crippen LogP) is 2.87. The van der Waals surface area contributed by atoms with E-state index in [9.17, 15) is 14.4 Å². The second-order valence-corrected chi connectivity index (χ2v) is 8.57. The molecule has 150 valence electrons. The van der Waals surface area contributed by atoms with Gasteiger partial charge in [-0.3, -0.25) is 9.59 Å². The number of alkyl carbamates (subject to hydrolysis) is 1. The molecule has 0 aliphatic heterocycles. The van der Waals surface area contributed by atoms with Crippen molar-refractivity contribution in [3.8, 4) is 0 Å². The van der Waals surface area contributed by atoms with E-state index in [0.29, 0.717) is 12.8 Å². The Labute approximate surface area is 156 Å². The van der Waals surface area contributed by atoms with Gasteiger partial charge in [-0.15, -0.1) is 0 Å². The van der Waals surface area contributed by atoms with E-state index in [4.69, 9.17) is 9.47 Å². The summed E-state index contributed by atoms with van der Waals surface area (Å²) in [6.07, 6.45) is 2.42. The van der Waals surface area contributed by atoms with E-state index in [0.717, 1.165) is 12.8 Å². The Morgan fingerprint density at radius 3 is 2.23 bits per heavy atom. The topological polar surface area (TPSA) is 84.9 Å². The van der Waals surface area contributed by atoms with Gasteiger partial charge < -0.3 is 19.7 Å². The number of rotatable bonds is 6. The molecule has 1 N–H and O–H groups in total. The van der Waals surface area contributed by atoms with Gasteiger partial charge in [0.05, 0.1) is 5.92 Å². The third-order valence-corrected chi connectivity index (χ3v) is 4.52. The van der Waals surface area contributed by atoms with Crippen molar-refractivity contribution in [1.29, 1.82) is 0 Å². The number of carbonyl (C=O) groups is 3. The van der Waals surface area contributed by atoms with Crippen LogP contribution in [0.4, 0.5) is 4.79 Å². The first-order valence-corrected chi connectivity index (χ1v) is 9.31. The third kappa shape index (κ3) is 7.22. The molecule has 1 aliphatic rings. The minimum absolute atomic E-state index is 0.0993. The normalized spacial score (nSPS) is 20.4. The number of likely N-dealkylation sites (N-methyl/N-ethyl adjacent to an activating group) is 1. The van der Waals surface area contributed by atoms with Crippen molar-refractivity contribution < 1.29 is 23.9 Å². The maximum absolute atomic E-state index is 12.7. The summed E-state index contributed by atoms with van der Waals surface area (Å²) in [6, 6.07) is -0.275. The molecule has 7 heteroatoms. The molecule has 2 atom stereocenters. The summed E-state index contributed by atoms with van der Waals surface area (Å²) in [5.74, 6) is -0.934. The van der Waals surface area contributed by atoms with Gasteiger partial charge in [-0.1, -0.05) is 13.3 Å². The largest absolute Gasteiger partial charge is 0.458 e. The highest BCUT2D eigenvalue weighted by Gasteiger charge is 2.37. The summed E-state index contributed by atoms with van der Waals surface area (Å²) < 4.78 is 10.7. The van der Waals surface area contributed by atoms with Gasteiger partial charge in [0.1, 0.15) is 17.7 Å². The Balaban J connectivity index is 2.61. The molecule has 2 amide bonds. The fraction of sp³-hybridized carbons (Fsp3) is 0.842. The molecular formula is C19H34N2O5. The second kappa shape index (κ2) is 8.73. The van der Waals surface area contributed by atoms with Crippen LogP contribution in [0.15, 0.2) is 0 Å². The Morgan fingerprint density at radius 1 is 1.08 bits per heavy atom. The van der Waals surface area contributed by atoms with Gasteiger partial charge >= 0.3 is 12.1 Å². The molecule has 0 aromatic heterocycles. The van der Waals surface area contributed by atoms with Gasteiger partial charge in [-0.25, -0.2) is 4.79 Å². The zero-order valence-electron chi connectivity index (χ0n) is 17.2. The fourth-order valence-corrected chi connectivity index (χ4v) is 2.85. The number of nitrogens with zero attached hydrogens (tertiary/aromatic N) is 1. The number of hydrogen-bond acceptors (Lipinski definition) is 5. The van der Waals surface area contributed by atoms with Crippen LogP contribution in [0.3, 0.4) is 0 Å². The first-order chi connectivity index (χ1) is 11.8. The van der Waals surface area contributed by atoms with Crippen LogP contribution in [0.1, 0.15) is 67.2 Å². The lowest BCUT2D eigenvalue weighted by Gasteiger charge is -2.28. The molecule has 0 heterocycles. The van der Waals surface area contributed by atoms with Crippen LogP contribution >= 0.6 is 0 Å². The molecule has 1 aliphatic carbocycles. The van der Waals surface area contributed by atoms with Gasteiger partial charge in [-0.2, -0.15) is 0 Å². The number of carbonyl (C=O) groups excluding carboxylic acids is 3. The minimum atomic E-state index is -0.588. The quantitative estimate of drug-likeness (QED) is 0.727. The summed E-state index contributed by atoms with van der Waals surface area (Å²) in [4.78, 5) is 38.1. The number of ether oxygens (including phenoxy) is 2. The molecule has 0 unspecified atom stereocenters. The van der Waals surface area contributed by atoms with Crippen molar-refractivity contribution in [2.45, 2.75) is 84.5 Å². The van der Waals surface area contributed by atoms with E-state index in [1.165, 1.54) is 4.90 Å². The van der Waals surface area contributed by atoms with Gasteiger partial charge in [0.15, 0.2) is 0 Å². The second-order valence-electron chi connectivity index (χ2n) is 8.57. The van der Waals surface area contributed by atoms with E-state index in [-0.39, 0.29) is 24.4 Å². The van der Waals surface area contributed by atoms with E-state index >= 15 is 0 Å². The predicted molar refractivity (Wildman–Crippen MR) is 98.6 cm³/mol. The summed E-state index contributed by atoms with van der Waals surface area (Å²) in [7, 11) is 1.59. The molecule has 1 saturated carbocycles. The van der Waals surface area contributed by atoms with Crippen LogP contribution in [-0.4, -0.2) is 53.7 Å². The zero-order chi connectivity index (χ0) is 20.1. The molecule has 0 bridgehead atoms. The van der Waals surface area contributed by atoms with Crippen LogP contribution in [-0.2, 0) is 19.1 Å². The van der Waals surface area contributed by atoms with E-state index in [1.54, 1.807) is 27.8 Å². The van der Waals surface area contributed by atoms with Crippen molar-refractivity contribution in [3.63, 3.8) is 0 Å².